The van der Waals surface area contributed by atoms with Crippen LogP contribution in [0.25, 0.3) is 6.08 Å². The molecule has 1 aromatic carbocycles. The monoisotopic (exact) mass is 494 g/mol. The minimum absolute atomic E-state index is 0. The third kappa shape index (κ3) is 8.14. The van der Waals surface area contributed by atoms with E-state index in [2.05, 4.69) is 59.1 Å². The van der Waals surface area contributed by atoms with Gasteiger partial charge in [0, 0.05) is 36.4 Å². The van der Waals surface area contributed by atoms with E-state index >= 15 is 0 Å². The van der Waals surface area contributed by atoms with Crippen LogP contribution in [0.3, 0.4) is 0 Å². The quantitative estimate of drug-likeness (QED) is 0.446. The zero-order valence-corrected chi connectivity index (χ0v) is 20.8. The van der Waals surface area contributed by atoms with E-state index in [4.69, 9.17) is 5.11 Å². The topological polar surface area (TPSA) is 79.2 Å². The van der Waals surface area contributed by atoms with Gasteiger partial charge in [0.1, 0.15) is 6.54 Å². The van der Waals surface area contributed by atoms with Crippen molar-refractivity contribution in [2.75, 3.05) is 0 Å². The zero-order valence-electron chi connectivity index (χ0n) is 19.2. The number of rotatable bonds is 10. The van der Waals surface area contributed by atoms with E-state index in [1.807, 2.05) is 6.20 Å². The Morgan fingerprint density at radius 2 is 1.85 bits per heavy atom. The lowest BCUT2D eigenvalue weighted by Crippen LogP contribution is -2.40. The number of carbonyl (C=O) groups is 1. The molecule has 0 amide bonds. The molecule has 0 aliphatic heterocycles. The molecule has 0 bridgehead atoms. The zero-order chi connectivity index (χ0) is 21.6. The first-order valence-corrected chi connectivity index (χ1v) is 11.6. The lowest BCUT2D eigenvalue weighted by atomic mass is 9.91. The molecule has 2 aliphatic rings. The van der Waals surface area contributed by atoms with Crippen molar-refractivity contribution in [3.05, 3.63) is 59.4 Å². The standard InChI is InChI=1S/C25H34N4O2.2ClH/c1-2-20(12-18-6-4-3-5-7-18)23-13-24(23)28-22-10-8-21(9-11-22)26-14-19-15-27-29(16-19)17-25(30)31;;/h3-7,12,15-16,21-24,26,28H,2,8-11,13-14,17H2,1H3,(H,30,31);2*1H/t21?,22?,23?,24-;;/m0../s1. The summed E-state index contributed by atoms with van der Waals surface area (Å²) >= 11 is 0. The van der Waals surface area contributed by atoms with Gasteiger partial charge in [-0.3, -0.25) is 9.48 Å². The Balaban J connectivity index is 0.00000193. The number of aliphatic carboxylic acids is 1. The third-order valence-electron chi connectivity index (χ3n) is 6.58. The van der Waals surface area contributed by atoms with Gasteiger partial charge in [0.05, 0.1) is 6.20 Å². The summed E-state index contributed by atoms with van der Waals surface area (Å²) in [5.74, 6) is -0.170. The molecule has 8 heteroatoms. The van der Waals surface area contributed by atoms with E-state index in [0.29, 0.717) is 24.0 Å². The second-order valence-corrected chi connectivity index (χ2v) is 8.97. The Morgan fingerprint density at radius 3 is 2.52 bits per heavy atom. The van der Waals surface area contributed by atoms with Crippen molar-refractivity contribution in [3.63, 3.8) is 0 Å². The van der Waals surface area contributed by atoms with Crippen molar-refractivity contribution in [2.24, 2.45) is 5.92 Å². The summed E-state index contributed by atoms with van der Waals surface area (Å²) in [6, 6.07) is 12.5. The molecule has 0 spiro atoms. The number of aromatic nitrogens is 2. The average molecular weight is 495 g/mol. The molecule has 1 aromatic heterocycles. The fourth-order valence-electron chi connectivity index (χ4n) is 4.78. The summed E-state index contributed by atoms with van der Waals surface area (Å²) in [5, 5.41) is 20.5. The van der Waals surface area contributed by atoms with Crippen LogP contribution in [-0.4, -0.2) is 39.0 Å². The second-order valence-electron chi connectivity index (χ2n) is 8.97. The fraction of sp³-hybridized carbons (Fsp3) is 0.520. The van der Waals surface area contributed by atoms with E-state index in [-0.39, 0.29) is 31.4 Å². The number of nitrogens with one attached hydrogen (secondary N) is 2. The molecule has 1 unspecified atom stereocenters. The van der Waals surface area contributed by atoms with Crippen LogP contribution in [0, 0.1) is 5.92 Å². The first kappa shape index (κ1) is 27.4. The smallest absolute Gasteiger partial charge is 0.325 e. The summed E-state index contributed by atoms with van der Waals surface area (Å²) in [7, 11) is 0. The number of halogens is 2. The number of carboxylic acid groups (broad SMARTS) is 1. The van der Waals surface area contributed by atoms with Crippen LogP contribution >= 0.6 is 24.8 Å². The molecule has 2 aromatic rings. The summed E-state index contributed by atoms with van der Waals surface area (Å²) in [6.07, 6.45) is 13.1. The highest BCUT2D eigenvalue weighted by Crippen LogP contribution is 2.40. The first-order valence-electron chi connectivity index (χ1n) is 11.6. The molecule has 3 N–H and O–H groups in total. The van der Waals surface area contributed by atoms with Crippen LogP contribution < -0.4 is 10.6 Å². The lowest BCUT2D eigenvalue weighted by molar-refractivity contribution is -0.137. The SMILES string of the molecule is CCC(=Cc1ccccc1)C1C[C@@H]1NC1CCC(NCc2cnn(CC(=O)O)c2)CC1.Cl.Cl. The van der Waals surface area contributed by atoms with Gasteiger partial charge < -0.3 is 15.7 Å². The van der Waals surface area contributed by atoms with Gasteiger partial charge >= 0.3 is 5.97 Å². The van der Waals surface area contributed by atoms with Crippen LogP contribution in [-0.2, 0) is 17.9 Å². The van der Waals surface area contributed by atoms with E-state index in [1.54, 1.807) is 11.8 Å². The van der Waals surface area contributed by atoms with E-state index in [1.165, 1.54) is 42.3 Å². The molecule has 1 heterocycles. The van der Waals surface area contributed by atoms with Crippen molar-refractivity contribution in [2.45, 2.75) is 76.7 Å². The maximum Gasteiger partial charge on any atom is 0.325 e. The molecular formula is C25H36Cl2N4O2. The molecule has 182 valence electrons. The minimum Gasteiger partial charge on any atom is -0.480 e. The molecule has 2 saturated carbocycles. The average Bonchev–Trinajstić information content (AvgIpc) is 3.39. The van der Waals surface area contributed by atoms with E-state index in [0.717, 1.165) is 18.5 Å². The number of carboxylic acids is 1. The molecule has 4 rings (SSSR count). The molecule has 33 heavy (non-hydrogen) atoms. The highest BCUT2D eigenvalue weighted by atomic mass is 35.5. The lowest BCUT2D eigenvalue weighted by Gasteiger charge is -2.30. The first-order chi connectivity index (χ1) is 15.1. The van der Waals surface area contributed by atoms with Gasteiger partial charge in [-0.15, -0.1) is 24.8 Å². The van der Waals surface area contributed by atoms with Gasteiger partial charge in [0.2, 0.25) is 0 Å². The summed E-state index contributed by atoms with van der Waals surface area (Å²) in [5.41, 5.74) is 3.92. The van der Waals surface area contributed by atoms with Crippen molar-refractivity contribution in [1.29, 1.82) is 0 Å². The predicted octanol–water partition coefficient (Wildman–Crippen LogP) is 4.68. The maximum atomic E-state index is 10.8. The fourth-order valence-corrected chi connectivity index (χ4v) is 4.78. The van der Waals surface area contributed by atoms with E-state index < -0.39 is 5.97 Å². The van der Waals surface area contributed by atoms with Gasteiger partial charge in [-0.05, 0) is 50.0 Å². The molecule has 2 fully saturated rings. The van der Waals surface area contributed by atoms with Crippen LogP contribution in [0.1, 0.15) is 56.6 Å². The van der Waals surface area contributed by atoms with Crippen molar-refractivity contribution in [3.8, 4) is 0 Å². The van der Waals surface area contributed by atoms with Crippen molar-refractivity contribution < 1.29 is 9.90 Å². The highest BCUT2D eigenvalue weighted by Gasteiger charge is 2.40. The summed E-state index contributed by atoms with van der Waals surface area (Å²) in [4.78, 5) is 10.8. The minimum atomic E-state index is -0.868. The second kappa shape index (κ2) is 13.1. The molecule has 2 aliphatic carbocycles. The van der Waals surface area contributed by atoms with Gasteiger partial charge in [-0.2, -0.15) is 5.10 Å². The van der Waals surface area contributed by atoms with Crippen LogP contribution in [0.4, 0.5) is 0 Å². The molecule has 0 radical (unpaired) electrons. The number of nitrogens with zero attached hydrogens (tertiary/aromatic N) is 2. The van der Waals surface area contributed by atoms with Gasteiger partial charge in [0.25, 0.3) is 0 Å². The normalized spacial score (nSPS) is 24.5. The number of hydrogen-bond acceptors (Lipinski definition) is 4. The molecular weight excluding hydrogens is 459 g/mol. The van der Waals surface area contributed by atoms with Gasteiger partial charge in [-0.1, -0.05) is 48.9 Å². The van der Waals surface area contributed by atoms with Crippen molar-refractivity contribution >= 4 is 36.9 Å². The Hall–Kier alpha value is -1.86. The largest absolute Gasteiger partial charge is 0.480 e. The van der Waals surface area contributed by atoms with Crippen LogP contribution in [0.15, 0.2) is 48.3 Å². The molecule has 0 saturated heterocycles. The number of hydrogen-bond donors (Lipinski definition) is 3. The Bertz CT molecular complexity index is 895. The molecule has 2 atom stereocenters. The maximum absolute atomic E-state index is 10.8. The Kier molecular flexibility index (Phi) is 10.9. The van der Waals surface area contributed by atoms with E-state index in [9.17, 15) is 4.79 Å². The highest BCUT2D eigenvalue weighted by molar-refractivity contribution is 5.85. The van der Waals surface area contributed by atoms with Gasteiger partial charge in [-0.25, -0.2) is 0 Å². The van der Waals surface area contributed by atoms with Gasteiger partial charge in [0.15, 0.2) is 0 Å². The summed E-state index contributed by atoms with van der Waals surface area (Å²) in [6.45, 7) is 2.93. The summed E-state index contributed by atoms with van der Waals surface area (Å²) < 4.78 is 1.48. The Morgan fingerprint density at radius 1 is 1.15 bits per heavy atom. The third-order valence-corrected chi connectivity index (χ3v) is 6.58. The Labute approximate surface area is 209 Å². The van der Waals surface area contributed by atoms with Crippen LogP contribution in [0.2, 0.25) is 0 Å². The predicted molar refractivity (Wildman–Crippen MR) is 137 cm³/mol. The van der Waals surface area contributed by atoms with Crippen molar-refractivity contribution in [1.82, 2.24) is 20.4 Å². The number of benzene rings is 1. The van der Waals surface area contributed by atoms with Crippen LogP contribution in [0.5, 0.6) is 0 Å². The molecule has 6 nitrogen and oxygen atoms in total.